The van der Waals surface area contributed by atoms with Gasteiger partial charge in [0, 0.05) is 20.0 Å². The quantitative estimate of drug-likeness (QED) is 0.541. The van der Waals surface area contributed by atoms with Gasteiger partial charge in [-0.1, -0.05) is 0 Å². The highest BCUT2D eigenvalue weighted by atomic mass is 19.3. The average molecular weight is 477 g/mol. The van der Waals surface area contributed by atoms with E-state index in [0.717, 1.165) is 18.9 Å². The Balaban J connectivity index is 1.54. The second-order valence-corrected chi connectivity index (χ2v) is 8.68. The lowest BCUT2D eigenvalue weighted by atomic mass is 9.94. The van der Waals surface area contributed by atoms with E-state index in [1.54, 1.807) is 0 Å². The summed E-state index contributed by atoms with van der Waals surface area (Å²) < 4.78 is 70.9. The third-order valence-electron chi connectivity index (χ3n) is 6.09. The number of aliphatic imine (C=N–C) groups is 1. The summed E-state index contributed by atoms with van der Waals surface area (Å²) in [6.07, 6.45) is -1.37. The maximum atomic E-state index is 14.9. The maximum absolute atomic E-state index is 14.9. The minimum Gasteiger partial charge on any atom is -0.489 e. The molecule has 1 amide bonds. The van der Waals surface area contributed by atoms with Gasteiger partial charge in [0.05, 0.1) is 18.2 Å². The number of allylic oxidation sites excluding steroid dienone is 2. The lowest BCUT2D eigenvalue weighted by molar-refractivity contribution is -0.121. The second kappa shape index (κ2) is 10.8. The van der Waals surface area contributed by atoms with E-state index >= 15 is 0 Å². The van der Waals surface area contributed by atoms with Crippen LogP contribution in [0.2, 0.25) is 0 Å². The number of nitrogens with zero attached hydrogens (tertiary/aromatic N) is 2. The summed E-state index contributed by atoms with van der Waals surface area (Å²) in [6, 6.07) is -1.15. The molecule has 11 heteroatoms. The largest absolute Gasteiger partial charge is 0.489 e. The third kappa shape index (κ3) is 6.18. The lowest BCUT2D eigenvalue weighted by Crippen LogP contribution is -2.44. The minimum atomic E-state index is -2.79. The van der Waals surface area contributed by atoms with E-state index in [-0.39, 0.29) is 42.0 Å². The van der Waals surface area contributed by atoms with Crippen LogP contribution in [0.25, 0.3) is 0 Å². The number of carbonyl (C=O) groups excluding carboxylic acids is 1. The number of amidine groups is 1. The highest BCUT2D eigenvalue weighted by Crippen LogP contribution is 2.37. The summed E-state index contributed by atoms with van der Waals surface area (Å²) >= 11 is 0. The number of carbonyl (C=O) groups is 1. The van der Waals surface area contributed by atoms with Gasteiger partial charge in [-0.2, -0.15) is 4.99 Å². The Morgan fingerprint density at radius 3 is 2.48 bits per heavy atom. The number of ether oxygens (including phenoxy) is 3. The van der Waals surface area contributed by atoms with Crippen LogP contribution in [0, 0.1) is 0 Å². The first-order valence-corrected chi connectivity index (χ1v) is 11.1. The molecule has 0 spiro atoms. The van der Waals surface area contributed by atoms with Crippen molar-refractivity contribution < 1.29 is 36.6 Å². The van der Waals surface area contributed by atoms with Crippen molar-refractivity contribution in [3.8, 4) is 0 Å². The SMILES string of the molecule is CC(=O)N[C@@H](C)[C@H](C)O[C@H]1CC[C@H](OC2=NC3=C(F)C=C(OCC(F)F)C(F)C3N2C)CC1. The minimum absolute atomic E-state index is 0.0241. The standard InChI is InChI=1S/C22H31F4N3O4/c1-11(27-13(3)30)12(2)32-14-5-7-15(8-6-14)33-22-28-20-16(23)9-17(31-10-18(24)25)19(26)21(20)29(22)4/h9,11-12,14-15,18-19,21H,5-8,10H2,1-4H3,(H,27,30)/t11-,12-,14-,15-,19?,21?/m0/s1. The molecular formula is C22H31F4N3O4. The molecule has 33 heavy (non-hydrogen) atoms. The molecule has 0 saturated heterocycles. The molecule has 3 aliphatic rings. The van der Waals surface area contributed by atoms with Gasteiger partial charge < -0.3 is 24.4 Å². The van der Waals surface area contributed by atoms with Crippen LogP contribution in [0.5, 0.6) is 0 Å². The van der Waals surface area contributed by atoms with Gasteiger partial charge >= 0.3 is 0 Å². The molecule has 0 aromatic heterocycles. The Morgan fingerprint density at radius 2 is 1.88 bits per heavy atom. The van der Waals surface area contributed by atoms with Crippen molar-refractivity contribution in [2.75, 3.05) is 13.7 Å². The van der Waals surface area contributed by atoms with Crippen LogP contribution >= 0.6 is 0 Å². The highest BCUT2D eigenvalue weighted by molar-refractivity contribution is 5.79. The van der Waals surface area contributed by atoms with E-state index in [9.17, 15) is 22.4 Å². The fraction of sp³-hybridized carbons (Fsp3) is 0.727. The Bertz CT molecular complexity index is 811. The van der Waals surface area contributed by atoms with E-state index in [1.807, 2.05) is 13.8 Å². The van der Waals surface area contributed by atoms with Crippen molar-refractivity contribution in [3.63, 3.8) is 0 Å². The van der Waals surface area contributed by atoms with Crippen molar-refractivity contribution >= 4 is 11.9 Å². The Morgan fingerprint density at radius 1 is 1.24 bits per heavy atom. The first-order chi connectivity index (χ1) is 15.6. The molecular weight excluding hydrogens is 446 g/mol. The van der Waals surface area contributed by atoms with Crippen LogP contribution in [0.1, 0.15) is 46.5 Å². The fourth-order valence-corrected chi connectivity index (χ4v) is 4.20. The number of hydrogen-bond donors (Lipinski definition) is 1. The van der Waals surface area contributed by atoms with Gasteiger partial charge in [-0.25, -0.2) is 17.6 Å². The smallest absolute Gasteiger partial charge is 0.293 e. The summed E-state index contributed by atoms with van der Waals surface area (Å²) in [6.45, 7) is 4.25. The lowest BCUT2D eigenvalue weighted by Gasteiger charge is -2.34. The third-order valence-corrected chi connectivity index (χ3v) is 6.09. The van der Waals surface area contributed by atoms with Gasteiger partial charge in [-0.05, 0) is 39.5 Å². The van der Waals surface area contributed by atoms with Gasteiger partial charge in [-0.15, -0.1) is 0 Å². The van der Waals surface area contributed by atoms with Crippen LogP contribution in [-0.4, -0.2) is 73.5 Å². The molecule has 3 rings (SSSR count). The molecule has 2 unspecified atom stereocenters. The normalized spacial score (nSPS) is 29.3. The molecule has 1 heterocycles. The zero-order chi connectivity index (χ0) is 24.3. The van der Waals surface area contributed by atoms with Gasteiger partial charge in [0.2, 0.25) is 5.91 Å². The first kappa shape index (κ1) is 25.3. The van der Waals surface area contributed by atoms with E-state index in [1.165, 1.54) is 18.9 Å². The topological polar surface area (TPSA) is 72.4 Å². The number of nitrogens with one attached hydrogen (secondary N) is 1. The van der Waals surface area contributed by atoms with E-state index in [2.05, 4.69) is 10.3 Å². The van der Waals surface area contributed by atoms with E-state index in [4.69, 9.17) is 14.2 Å². The van der Waals surface area contributed by atoms with Crippen LogP contribution in [0.3, 0.4) is 0 Å². The van der Waals surface area contributed by atoms with Crippen molar-refractivity contribution in [1.29, 1.82) is 0 Å². The molecule has 7 nitrogen and oxygen atoms in total. The average Bonchev–Trinajstić information content (AvgIpc) is 3.07. The van der Waals surface area contributed by atoms with E-state index < -0.39 is 36.8 Å². The van der Waals surface area contributed by atoms with Crippen LogP contribution in [0.15, 0.2) is 28.4 Å². The number of likely N-dealkylation sites (N-methyl/N-ethyl adjacent to an activating group) is 1. The molecule has 1 aliphatic heterocycles. The molecule has 0 aromatic carbocycles. The summed E-state index contributed by atoms with van der Waals surface area (Å²) in [7, 11) is 1.52. The van der Waals surface area contributed by atoms with Gasteiger partial charge in [0.25, 0.3) is 12.4 Å². The van der Waals surface area contributed by atoms with E-state index in [0.29, 0.717) is 12.8 Å². The summed E-state index contributed by atoms with van der Waals surface area (Å²) in [5, 5.41) is 2.82. The molecule has 2 aliphatic carbocycles. The Hall–Kier alpha value is -2.30. The summed E-state index contributed by atoms with van der Waals surface area (Å²) in [5.74, 6) is -1.42. The Labute approximate surface area is 190 Å². The molecule has 4 atom stereocenters. The van der Waals surface area contributed by atoms with Crippen LogP contribution in [0.4, 0.5) is 17.6 Å². The molecule has 0 bridgehead atoms. The molecule has 0 aromatic rings. The molecule has 1 fully saturated rings. The number of alkyl halides is 3. The predicted octanol–water partition coefficient (Wildman–Crippen LogP) is 3.61. The van der Waals surface area contributed by atoms with Crippen molar-refractivity contribution in [2.24, 2.45) is 4.99 Å². The predicted molar refractivity (Wildman–Crippen MR) is 113 cm³/mol. The number of hydrogen-bond acceptors (Lipinski definition) is 6. The van der Waals surface area contributed by atoms with Crippen molar-refractivity contribution in [3.05, 3.63) is 23.4 Å². The van der Waals surface area contributed by atoms with Crippen LogP contribution < -0.4 is 5.32 Å². The maximum Gasteiger partial charge on any atom is 0.293 e. The monoisotopic (exact) mass is 477 g/mol. The zero-order valence-electron chi connectivity index (χ0n) is 19.2. The van der Waals surface area contributed by atoms with Crippen LogP contribution in [-0.2, 0) is 19.0 Å². The number of rotatable bonds is 8. The number of fused-ring (bicyclic) bond motifs is 1. The highest BCUT2D eigenvalue weighted by Gasteiger charge is 2.45. The number of halogens is 4. The Kier molecular flexibility index (Phi) is 8.25. The second-order valence-electron chi connectivity index (χ2n) is 8.68. The molecule has 0 radical (unpaired) electrons. The molecule has 1 N–H and O–H groups in total. The molecule has 186 valence electrons. The van der Waals surface area contributed by atoms with Gasteiger partial charge in [-0.3, -0.25) is 4.79 Å². The fourth-order valence-electron chi connectivity index (χ4n) is 4.20. The zero-order valence-corrected chi connectivity index (χ0v) is 19.2. The van der Waals surface area contributed by atoms with Crippen molar-refractivity contribution in [1.82, 2.24) is 10.2 Å². The summed E-state index contributed by atoms with van der Waals surface area (Å²) in [4.78, 5) is 16.7. The first-order valence-electron chi connectivity index (χ1n) is 11.1. The molecule has 1 saturated carbocycles. The van der Waals surface area contributed by atoms with Gasteiger partial charge in [0.1, 0.15) is 30.2 Å². The number of amides is 1. The van der Waals surface area contributed by atoms with Crippen molar-refractivity contribution in [2.45, 2.75) is 89.4 Å². The van der Waals surface area contributed by atoms with Gasteiger partial charge in [0.15, 0.2) is 12.0 Å². The summed E-state index contributed by atoms with van der Waals surface area (Å²) in [5.41, 5.74) is -0.137.